The number of rotatable bonds is 3. The van der Waals surface area contributed by atoms with E-state index in [9.17, 15) is 0 Å². The third-order valence-corrected chi connectivity index (χ3v) is 5.45. The van der Waals surface area contributed by atoms with E-state index in [-0.39, 0.29) is 0 Å². The summed E-state index contributed by atoms with van der Waals surface area (Å²) in [4.78, 5) is 0. The molecule has 16 heavy (non-hydrogen) atoms. The van der Waals surface area contributed by atoms with E-state index in [4.69, 9.17) is 0 Å². The molecular formula is C15H27N. The van der Waals surface area contributed by atoms with Crippen LogP contribution in [0.4, 0.5) is 0 Å². The van der Waals surface area contributed by atoms with Gasteiger partial charge in [0.25, 0.3) is 0 Å². The van der Waals surface area contributed by atoms with E-state index in [0.29, 0.717) is 0 Å². The van der Waals surface area contributed by atoms with Crippen molar-refractivity contribution in [2.24, 2.45) is 23.7 Å². The van der Waals surface area contributed by atoms with Gasteiger partial charge in [0.15, 0.2) is 0 Å². The van der Waals surface area contributed by atoms with Gasteiger partial charge in [-0.2, -0.15) is 0 Å². The topological polar surface area (TPSA) is 12.0 Å². The monoisotopic (exact) mass is 221 g/mol. The highest BCUT2D eigenvalue weighted by molar-refractivity contribution is 4.94. The lowest BCUT2D eigenvalue weighted by Crippen LogP contribution is -2.38. The van der Waals surface area contributed by atoms with Crippen LogP contribution in [-0.4, -0.2) is 12.6 Å². The maximum Gasteiger partial charge on any atom is 0.00981 e. The van der Waals surface area contributed by atoms with Crippen molar-refractivity contribution in [1.82, 2.24) is 5.32 Å². The Bertz CT molecular complexity index is 238. The van der Waals surface area contributed by atoms with Crippen molar-refractivity contribution >= 4 is 0 Å². The van der Waals surface area contributed by atoms with E-state index in [1.807, 2.05) is 0 Å². The van der Waals surface area contributed by atoms with Crippen molar-refractivity contribution in [3.63, 3.8) is 0 Å². The molecule has 5 atom stereocenters. The SMILES string of the molecule is CC1CCCC(CNC2CC3CCC2C3)C1. The van der Waals surface area contributed by atoms with Gasteiger partial charge in [-0.1, -0.05) is 26.2 Å². The summed E-state index contributed by atoms with van der Waals surface area (Å²) >= 11 is 0. The third-order valence-electron chi connectivity index (χ3n) is 5.45. The summed E-state index contributed by atoms with van der Waals surface area (Å²) in [6.07, 6.45) is 12.0. The Morgan fingerprint density at radius 2 is 1.94 bits per heavy atom. The fourth-order valence-electron chi connectivity index (χ4n) is 4.56. The van der Waals surface area contributed by atoms with Crippen LogP contribution >= 0.6 is 0 Å². The Morgan fingerprint density at radius 3 is 2.62 bits per heavy atom. The van der Waals surface area contributed by atoms with E-state index < -0.39 is 0 Å². The molecule has 0 spiro atoms. The lowest BCUT2D eigenvalue weighted by atomic mass is 9.82. The van der Waals surface area contributed by atoms with Crippen molar-refractivity contribution < 1.29 is 0 Å². The molecule has 0 radical (unpaired) electrons. The van der Waals surface area contributed by atoms with Gasteiger partial charge >= 0.3 is 0 Å². The van der Waals surface area contributed by atoms with Crippen LogP contribution in [0.1, 0.15) is 58.3 Å². The number of fused-ring (bicyclic) bond motifs is 2. The summed E-state index contributed by atoms with van der Waals surface area (Å²) in [5.74, 6) is 4.11. The van der Waals surface area contributed by atoms with E-state index >= 15 is 0 Å². The van der Waals surface area contributed by atoms with Crippen molar-refractivity contribution in [3.05, 3.63) is 0 Å². The van der Waals surface area contributed by atoms with Gasteiger partial charge in [0.2, 0.25) is 0 Å². The van der Waals surface area contributed by atoms with Crippen LogP contribution in [0.3, 0.4) is 0 Å². The molecule has 3 aliphatic rings. The van der Waals surface area contributed by atoms with E-state index in [2.05, 4.69) is 12.2 Å². The van der Waals surface area contributed by atoms with Crippen molar-refractivity contribution in [2.45, 2.75) is 64.3 Å². The molecule has 3 aliphatic carbocycles. The van der Waals surface area contributed by atoms with Crippen LogP contribution in [0.15, 0.2) is 0 Å². The van der Waals surface area contributed by atoms with Crippen molar-refractivity contribution in [2.75, 3.05) is 6.54 Å². The minimum atomic E-state index is 0.899. The van der Waals surface area contributed by atoms with Crippen LogP contribution in [-0.2, 0) is 0 Å². The number of hydrogen-bond donors (Lipinski definition) is 1. The summed E-state index contributed by atoms with van der Waals surface area (Å²) in [7, 11) is 0. The molecule has 1 nitrogen and oxygen atoms in total. The Kier molecular flexibility index (Phi) is 3.24. The average molecular weight is 221 g/mol. The first-order valence-electron chi connectivity index (χ1n) is 7.54. The lowest BCUT2D eigenvalue weighted by Gasteiger charge is -2.30. The third kappa shape index (κ3) is 2.30. The smallest absolute Gasteiger partial charge is 0.00981 e. The van der Waals surface area contributed by atoms with E-state index in [1.165, 1.54) is 51.5 Å². The molecule has 2 bridgehead atoms. The quantitative estimate of drug-likeness (QED) is 0.768. The van der Waals surface area contributed by atoms with Gasteiger partial charge in [-0.15, -0.1) is 0 Å². The molecule has 0 heterocycles. The highest BCUT2D eigenvalue weighted by Crippen LogP contribution is 2.44. The van der Waals surface area contributed by atoms with Crippen molar-refractivity contribution in [1.29, 1.82) is 0 Å². The van der Waals surface area contributed by atoms with Crippen LogP contribution in [0.2, 0.25) is 0 Å². The van der Waals surface area contributed by atoms with Crippen LogP contribution < -0.4 is 5.32 Å². The van der Waals surface area contributed by atoms with Gasteiger partial charge in [0.1, 0.15) is 0 Å². The second kappa shape index (κ2) is 4.68. The zero-order valence-corrected chi connectivity index (χ0v) is 10.8. The zero-order valence-electron chi connectivity index (χ0n) is 10.8. The maximum absolute atomic E-state index is 3.90. The normalized spacial score (nSPS) is 47.4. The molecule has 0 aromatic heterocycles. The molecule has 0 saturated heterocycles. The van der Waals surface area contributed by atoms with Gasteiger partial charge in [-0.25, -0.2) is 0 Å². The minimum Gasteiger partial charge on any atom is -0.313 e. The lowest BCUT2D eigenvalue weighted by molar-refractivity contribution is 0.251. The highest BCUT2D eigenvalue weighted by Gasteiger charge is 2.39. The summed E-state index contributed by atoms with van der Waals surface area (Å²) < 4.78 is 0. The standard InChI is InChI=1S/C15H27N/c1-11-3-2-4-13(7-11)10-16-15-9-12-5-6-14(15)8-12/h11-16H,2-10H2,1H3. The Morgan fingerprint density at radius 1 is 1.00 bits per heavy atom. The molecule has 0 aliphatic heterocycles. The number of nitrogens with one attached hydrogen (secondary N) is 1. The van der Waals surface area contributed by atoms with Gasteiger partial charge < -0.3 is 5.32 Å². The largest absolute Gasteiger partial charge is 0.313 e. The second-order valence-corrected chi connectivity index (χ2v) is 6.83. The molecule has 0 aromatic carbocycles. The number of hydrogen-bond acceptors (Lipinski definition) is 1. The van der Waals surface area contributed by atoms with Crippen molar-refractivity contribution in [3.8, 4) is 0 Å². The summed E-state index contributed by atoms with van der Waals surface area (Å²) in [5, 5.41) is 3.90. The predicted octanol–water partition coefficient (Wildman–Crippen LogP) is 3.59. The maximum atomic E-state index is 3.90. The minimum absolute atomic E-state index is 0.899. The van der Waals surface area contributed by atoms with Gasteiger partial charge in [-0.05, 0) is 62.3 Å². The zero-order chi connectivity index (χ0) is 11.0. The molecule has 3 rings (SSSR count). The molecule has 3 saturated carbocycles. The molecule has 3 fully saturated rings. The van der Waals surface area contributed by atoms with Crippen LogP contribution in [0.25, 0.3) is 0 Å². The fourth-order valence-corrected chi connectivity index (χ4v) is 4.56. The summed E-state index contributed by atoms with van der Waals surface area (Å²) in [5.41, 5.74) is 0. The van der Waals surface area contributed by atoms with Gasteiger partial charge in [0.05, 0.1) is 0 Å². The summed E-state index contributed by atoms with van der Waals surface area (Å²) in [6, 6.07) is 0.899. The Labute approximate surface area is 100 Å². The van der Waals surface area contributed by atoms with E-state index in [0.717, 1.165) is 29.7 Å². The predicted molar refractivity (Wildman–Crippen MR) is 68.4 cm³/mol. The van der Waals surface area contributed by atoms with Crippen LogP contribution in [0.5, 0.6) is 0 Å². The molecule has 0 amide bonds. The molecular weight excluding hydrogens is 194 g/mol. The molecule has 5 unspecified atom stereocenters. The van der Waals surface area contributed by atoms with Gasteiger partial charge in [-0.3, -0.25) is 0 Å². The Balaban J connectivity index is 1.42. The Hall–Kier alpha value is -0.0400. The first kappa shape index (κ1) is 11.1. The van der Waals surface area contributed by atoms with Crippen LogP contribution in [0, 0.1) is 23.7 Å². The summed E-state index contributed by atoms with van der Waals surface area (Å²) in [6.45, 7) is 3.75. The molecule has 92 valence electrons. The van der Waals surface area contributed by atoms with Gasteiger partial charge in [0, 0.05) is 6.04 Å². The highest BCUT2D eigenvalue weighted by atomic mass is 14.9. The fraction of sp³-hybridized carbons (Fsp3) is 1.00. The first-order chi connectivity index (χ1) is 7.81. The molecule has 1 heteroatoms. The average Bonchev–Trinajstić information content (AvgIpc) is 2.88. The first-order valence-corrected chi connectivity index (χ1v) is 7.54. The molecule has 0 aromatic rings. The second-order valence-electron chi connectivity index (χ2n) is 6.83. The van der Waals surface area contributed by atoms with E-state index in [1.54, 1.807) is 6.42 Å². The molecule has 1 N–H and O–H groups in total.